The summed E-state index contributed by atoms with van der Waals surface area (Å²) >= 11 is 0. The molecule has 1 atom stereocenters. The maximum absolute atomic E-state index is 13.0. The first-order valence-electron chi connectivity index (χ1n) is 6.27. The van der Waals surface area contributed by atoms with E-state index in [1.165, 1.54) is 23.3 Å². The van der Waals surface area contributed by atoms with Crippen LogP contribution in [-0.2, 0) is 0 Å². The fourth-order valence-electron chi connectivity index (χ4n) is 2.06. The Bertz CT molecular complexity index is 548. The van der Waals surface area contributed by atoms with Crippen molar-refractivity contribution in [2.45, 2.75) is 19.9 Å². The van der Waals surface area contributed by atoms with Crippen LogP contribution in [0.25, 0.3) is 0 Å². The summed E-state index contributed by atoms with van der Waals surface area (Å²) in [4.78, 5) is 0. The molecule has 0 radical (unpaired) electrons. The minimum atomic E-state index is -0.308. The molecule has 2 N–H and O–H groups in total. The predicted molar refractivity (Wildman–Crippen MR) is 74.7 cm³/mol. The van der Waals surface area contributed by atoms with E-state index in [2.05, 4.69) is 6.07 Å². The Balaban J connectivity index is 2.03. The molecule has 0 fully saturated rings. The van der Waals surface area contributed by atoms with Gasteiger partial charge in [0.25, 0.3) is 0 Å². The summed E-state index contributed by atoms with van der Waals surface area (Å²) in [5, 5.41) is 0. The number of nitrogens with two attached hydrogens (primary N) is 1. The van der Waals surface area contributed by atoms with Gasteiger partial charge < -0.3 is 10.5 Å². The molecule has 2 aromatic carbocycles. The number of hydrogen-bond donors (Lipinski definition) is 1. The van der Waals surface area contributed by atoms with Crippen LogP contribution in [0.1, 0.15) is 22.7 Å². The monoisotopic (exact) mass is 259 g/mol. The molecule has 0 saturated carbocycles. The molecule has 0 aliphatic rings. The normalized spacial score (nSPS) is 12.2. The maximum Gasteiger partial charge on any atom is 0.126 e. The fourth-order valence-corrected chi connectivity index (χ4v) is 2.06. The highest BCUT2D eigenvalue weighted by Gasteiger charge is 2.08. The van der Waals surface area contributed by atoms with Gasteiger partial charge in [-0.3, -0.25) is 0 Å². The second kappa shape index (κ2) is 5.85. The minimum absolute atomic E-state index is 0.220. The Hall–Kier alpha value is -1.87. The average molecular weight is 259 g/mol. The topological polar surface area (TPSA) is 35.2 Å². The molecule has 0 aliphatic heterocycles. The van der Waals surface area contributed by atoms with Crippen molar-refractivity contribution in [2.24, 2.45) is 5.73 Å². The van der Waals surface area contributed by atoms with Crippen LogP contribution in [0.15, 0.2) is 42.5 Å². The van der Waals surface area contributed by atoms with Gasteiger partial charge in [0.1, 0.15) is 18.2 Å². The number of halogens is 1. The minimum Gasteiger partial charge on any atom is -0.492 e. The molecular weight excluding hydrogens is 241 g/mol. The quantitative estimate of drug-likeness (QED) is 0.911. The standard InChI is InChI=1S/C16H18FNO/c1-11-6-12(2)8-13(7-11)16(18)10-19-15-5-3-4-14(17)9-15/h3-9,16H,10,18H2,1-2H3. The number of ether oxygens (including phenoxy) is 1. The third-order valence-corrected chi connectivity index (χ3v) is 2.90. The molecule has 0 bridgehead atoms. The van der Waals surface area contributed by atoms with E-state index in [1.54, 1.807) is 12.1 Å². The van der Waals surface area contributed by atoms with E-state index < -0.39 is 0 Å². The molecule has 0 amide bonds. The average Bonchev–Trinajstić information content (AvgIpc) is 2.35. The lowest BCUT2D eigenvalue weighted by atomic mass is 10.0. The molecule has 19 heavy (non-hydrogen) atoms. The number of hydrogen-bond acceptors (Lipinski definition) is 2. The van der Waals surface area contributed by atoms with Crippen LogP contribution >= 0.6 is 0 Å². The number of rotatable bonds is 4. The van der Waals surface area contributed by atoms with E-state index in [-0.39, 0.29) is 11.9 Å². The second-order valence-electron chi connectivity index (χ2n) is 4.80. The van der Waals surface area contributed by atoms with Crippen LogP contribution in [0.4, 0.5) is 4.39 Å². The van der Waals surface area contributed by atoms with E-state index in [1.807, 2.05) is 26.0 Å². The maximum atomic E-state index is 13.0. The predicted octanol–water partition coefficient (Wildman–Crippen LogP) is 3.52. The van der Waals surface area contributed by atoms with Gasteiger partial charge in [0, 0.05) is 6.07 Å². The molecule has 0 aromatic heterocycles. The highest BCUT2D eigenvalue weighted by Crippen LogP contribution is 2.18. The van der Waals surface area contributed by atoms with Crippen molar-refractivity contribution in [1.82, 2.24) is 0 Å². The number of benzene rings is 2. The Kier molecular flexibility index (Phi) is 4.17. The van der Waals surface area contributed by atoms with E-state index in [0.29, 0.717) is 12.4 Å². The Morgan fingerprint density at radius 3 is 2.42 bits per heavy atom. The Morgan fingerprint density at radius 1 is 1.11 bits per heavy atom. The van der Waals surface area contributed by atoms with Gasteiger partial charge in [0.15, 0.2) is 0 Å². The van der Waals surface area contributed by atoms with Gasteiger partial charge in [-0.2, -0.15) is 0 Å². The first kappa shape index (κ1) is 13.6. The van der Waals surface area contributed by atoms with Crippen molar-refractivity contribution < 1.29 is 9.13 Å². The first-order chi connectivity index (χ1) is 9.04. The van der Waals surface area contributed by atoms with Gasteiger partial charge in [-0.25, -0.2) is 4.39 Å². The van der Waals surface area contributed by atoms with Crippen molar-refractivity contribution in [2.75, 3.05) is 6.61 Å². The van der Waals surface area contributed by atoms with Gasteiger partial charge in [-0.05, 0) is 31.5 Å². The van der Waals surface area contributed by atoms with Crippen LogP contribution in [0.2, 0.25) is 0 Å². The van der Waals surface area contributed by atoms with Crippen molar-refractivity contribution in [3.05, 3.63) is 65.0 Å². The smallest absolute Gasteiger partial charge is 0.126 e. The van der Waals surface area contributed by atoms with Crippen LogP contribution in [0.3, 0.4) is 0 Å². The second-order valence-corrected chi connectivity index (χ2v) is 4.80. The zero-order chi connectivity index (χ0) is 13.8. The SMILES string of the molecule is Cc1cc(C)cc(C(N)COc2cccc(F)c2)c1. The lowest BCUT2D eigenvalue weighted by Crippen LogP contribution is -2.19. The largest absolute Gasteiger partial charge is 0.492 e. The molecule has 0 aliphatic carbocycles. The Morgan fingerprint density at radius 2 is 1.79 bits per heavy atom. The molecule has 2 nitrogen and oxygen atoms in total. The van der Waals surface area contributed by atoms with E-state index in [0.717, 1.165) is 5.56 Å². The van der Waals surface area contributed by atoms with E-state index in [4.69, 9.17) is 10.5 Å². The van der Waals surface area contributed by atoms with Gasteiger partial charge in [0.05, 0.1) is 6.04 Å². The summed E-state index contributed by atoms with van der Waals surface area (Å²) in [7, 11) is 0. The molecule has 100 valence electrons. The summed E-state index contributed by atoms with van der Waals surface area (Å²) in [6.45, 7) is 4.40. The van der Waals surface area contributed by atoms with Crippen LogP contribution in [0, 0.1) is 19.7 Å². The van der Waals surface area contributed by atoms with Crippen LogP contribution in [0.5, 0.6) is 5.75 Å². The van der Waals surface area contributed by atoms with Crippen LogP contribution in [-0.4, -0.2) is 6.61 Å². The summed E-state index contributed by atoms with van der Waals surface area (Å²) < 4.78 is 18.5. The Labute approximate surface area is 113 Å². The molecule has 3 heteroatoms. The molecule has 1 unspecified atom stereocenters. The lowest BCUT2D eigenvalue weighted by Gasteiger charge is -2.15. The molecular formula is C16H18FNO. The van der Waals surface area contributed by atoms with Gasteiger partial charge in [0.2, 0.25) is 0 Å². The summed E-state index contributed by atoms with van der Waals surface area (Å²) in [6, 6.07) is 12.1. The lowest BCUT2D eigenvalue weighted by molar-refractivity contribution is 0.289. The fraction of sp³-hybridized carbons (Fsp3) is 0.250. The highest BCUT2D eigenvalue weighted by atomic mass is 19.1. The third kappa shape index (κ3) is 3.80. The summed E-state index contributed by atoms with van der Waals surface area (Å²) in [6.07, 6.45) is 0. The van der Waals surface area contributed by atoms with Crippen molar-refractivity contribution in [1.29, 1.82) is 0 Å². The molecule has 2 aromatic rings. The number of aryl methyl sites for hydroxylation is 2. The molecule has 0 saturated heterocycles. The van der Waals surface area contributed by atoms with Crippen molar-refractivity contribution in [3.8, 4) is 5.75 Å². The van der Waals surface area contributed by atoms with E-state index >= 15 is 0 Å². The first-order valence-corrected chi connectivity index (χ1v) is 6.27. The molecule has 0 spiro atoms. The zero-order valence-electron chi connectivity index (χ0n) is 11.2. The van der Waals surface area contributed by atoms with Gasteiger partial charge >= 0.3 is 0 Å². The third-order valence-electron chi connectivity index (χ3n) is 2.90. The van der Waals surface area contributed by atoms with Crippen LogP contribution < -0.4 is 10.5 Å². The highest BCUT2D eigenvalue weighted by molar-refractivity contribution is 5.31. The van der Waals surface area contributed by atoms with Gasteiger partial charge in [-0.1, -0.05) is 35.4 Å². The van der Waals surface area contributed by atoms with E-state index in [9.17, 15) is 4.39 Å². The van der Waals surface area contributed by atoms with Crippen molar-refractivity contribution >= 4 is 0 Å². The summed E-state index contributed by atoms with van der Waals surface area (Å²) in [5.74, 6) is 0.192. The molecule has 2 rings (SSSR count). The summed E-state index contributed by atoms with van der Waals surface area (Å²) in [5.41, 5.74) is 9.49. The van der Waals surface area contributed by atoms with Crippen molar-refractivity contribution in [3.63, 3.8) is 0 Å². The molecule has 0 heterocycles. The van der Waals surface area contributed by atoms with Gasteiger partial charge in [-0.15, -0.1) is 0 Å². The zero-order valence-corrected chi connectivity index (χ0v) is 11.2.